The summed E-state index contributed by atoms with van der Waals surface area (Å²) in [6.07, 6.45) is 4.25. The van der Waals surface area contributed by atoms with Gasteiger partial charge in [-0.25, -0.2) is 13.9 Å². The average Bonchev–Trinajstić information content (AvgIpc) is 3.50. The molecular weight excluding hydrogens is 551 g/mol. The molecule has 10 nitrogen and oxygen atoms in total. The summed E-state index contributed by atoms with van der Waals surface area (Å²) in [5.41, 5.74) is 3.45. The molecule has 2 amide bonds. The molecule has 0 spiro atoms. The van der Waals surface area contributed by atoms with Crippen molar-refractivity contribution in [2.75, 3.05) is 51.8 Å². The van der Waals surface area contributed by atoms with Crippen LogP contribution in [-0.4, -0.2) is 88.8 Å². The Morgan fingerprint density at radius 1 is 1.05 bits per heavy atom. The van der Waals surface area contributed by atoms with Crippen LogP contribution in [0.2, 0.25) is 0 Å². The predicted octanol–water partition coefficient (Wildman–Crippen LogP) is 4.30. The highest BCUT2D eigenvalue weighted by Crippen LogP contribution is 2.28. The van der Waals surface area contributed by atoms with Crippen molar-refractivity contribution in [2.45, 2.75) is 32.2 Å². The van der Waals surface area contributed by atoms with E-state index in [2.05, 4.69) is 27.2 Å². The van der Waals surface area contributed by atoms with Crippen LogP contribution in [0.5, 0.6) is 5.75 Å². The van der Waals surface area contributed by atoms with Crippen LogP contribution in [-0.2, 0) is 11.2 Å². The summed E-state index contributed by atoms with van der Waals surface area (Å²) in [7, 11) is 1.63. The van der Waals surface area contributed by atoms with Crippen LogP contribution >= 0.6 is 0 Å². The monoisotopic (exact) mass is 586 g/mol. The van der Waals surface area contributed by atoms with Crippen molar-refractivity contribution >= 4 is 23.1 Å². The number of aromatic nitrogens is 3. The highest BCUT2D eigenvalue weighted by atomic mass is 19.1. The van der Waals surface area contributed by atoms with Crippen molar-refractivity contribution in [1.29, 1.82) is 0 Å². The van der Waals surface area contributed by atoms with E-state index in [1.54, 1.807) is 34.9 Å². The summed E-state index contributed by atoms with van der Waals surface area (Å²) in [5, 5.41) is 7.06. The van der Waals surface area contributed by atoms with Gasteiger partial charge in [0, 0.05) is 55.6 Å². The number of nitrogens with one attached hydrogen (secondary N) is 1. The summed E-state index contributed by atoms with van der Waals surface area (Å²) in [6, 6.07) is 13.9. The predicted molar refractivity (Wildman–Crippen MR) is 160 cm³/mol. The van der Waals surface area contributed by atoms with Crippen LogP contribution in [0.1, 0.15) is 46.2 Å². The average molecular weight is 587 g/mol. The maximum atomic E-state index is 15.1. The fourth-order valence-electron chi connectivity index (χ4n) is 5.92. The lowest BCUT2D eigenvalue weighted by Gasteiger charge is -2.40. The molecule has 0 atom stereocenters. The lowest BCUT2D eigenvalue weighted by atomic mass is 10.0. The molecule has 0 bridgehead atoms. The molecule has 2 aromatic heterocycles. The van der Waals surface area contributed by atoms with Crippen molar-refractivity contribution in [3.8, 4) is 17.0 Å². The highest BCUT2D eigenvalue weighted by Gasteiger charge is 2.28. The number of aryl methyl sites for hydroxylation is 1. The molecule has 11 heteroatoms. The van der Waals surface area contributed by atoms with E-state index in [-0.39, 0.29) is 22.9 Å². The Labute approximate surface area is 249 Å². The van der Waals surface area contributed by atoms with E-state index in [1.807, 2.05) is 24.3 Å². The third kappa shape index (κ3) is 5.95. The van der Waals surface area contributed by atoms with Gasteiger partial charge in [-0.05, 0) is 55.2 Å². The molecule has 4 heterocycles. The zero-order chi connectivity index (χ0) is 29.9. The Bertz CT molecular complexity index is 1640. The van der Waals surface area contributed by atoms with Gasteiger partial charge in [-0.2, -0.15) is 5.10 Å². The van der Waals surface area contributed by atoms with Crippen LogP contribution in [0, 0.1) is 5.82 Å². The first-order chi connectivity index (χ1) is 20.9. The molecule has 2 saturated heterocycles. The van der Waals surface area contributed by atoms with Crippen molar-refractivity contribution in [3.63, 3.8) is 0 Å². The largest absolute Gasteiger partial charge is 0.496 e. The molecule has 2 aliphatic rings. The fourth-order valence-corrected chi connectivity index (χ4v) is 5.92. The summed E-state index contributed by atoms with van der Waals surface area (Å²) in [5.74, 6) is -0.712. The van der Waals surface area contributed by atoms with Crippen molar-refractivity contribution < 1.29 is 23.5 Å². The normalized spacial score (nSPS) is 16.4. The molecule has 0 unspecified atom stereocenters. The number of rotatable bonds is 7. The number of likely N-dealkylation sites (tertiary alicyclic amines) is 1. The minimum Gasteiger partial charge on any atom is -0.496 e. The molecule has 2 fully saturated rings. The second-order valence-corrected chi connectivity index (χ2v) is 10.8. The number of piperidine rings is 1. The summed E-state index contributed by atoms with van der Waals surface area (Å²) < 4.78 is 27.7. The number of carbonyl (C=O) groups is 2. The van der Waals surface area contributed by atoms with Gasteiger partial charge in [-0.3, -0.25) is 14.5 Å². The molecule has 0 radical (unpaired) electrons. The van der Waals surface area contributed by atoms with Crippen LogP contribution in [0.3, 0.4) is 0 Å². The zero-order valence-electron chi connectivity index (χ0n) is 24.4. The number of nitrogens with zero attached hydrogens (tertiary/aromatic N) is 5. The summed E-state index contributed by atoms with van der Waals surface area (Å²) >= 11 is 0. The number of benzene rings is 2. The van der Waals surface area contributed by atoms with Crippen LogP contribution < -0.4 is 10.1 Å². The van der Waals surface area contributed by atoms with Crippen LogP contribution in [0.15, 0.2) is 54.7 Å². The van der Waals surface area contributed by atoms with Crippen LogP contribution in [0.25, 0.3) is 16.9 Å². The molecule has 6 rings (SSSR count). The van der Waals surface area contributed by atoms with Gasteiger partial charge in [-0.15, -0.1) is 0 Å². The number of methoxy groups -OCH3 is 1. The van der Waals surface area contributed by atoms with Gasteiger partial charge in [0.15, 0.2) is 11.3 Å². The second-order valence-electron chi connectivity index (χ2n) is 10.8. The van der Waals surface area contributed by atoms with Crippen molar-refractivity contribution in [3.05, 3.63) is 77.4 Å². The quantitative estimate of drug-likeness (QED) is 0.345. The molecule has 224 valence electrons. The molecule has 2 aromatic carbocycles. The third-order valence-corrected chi connectivity index (χ3v) is 8.33. The maximum Gasteiger partial charge on any atom is 0.276 e. The smallest absolute Gasteiger partial charge is 0.276 e. The Morgan fingerprint density at radius 3 is 2.56 bits per heavy atom. The molecule has 2 aliphatic heterocycles. The topological polar surface area (TPSA) is 101 Å². The number of halogens is 1. The third-order valence-electron chi connectivity index (χ3n) is 8.33. The Balaban J connectivity index is 1.14. The number of anilines is 1. The van der Waals surface area contributed by atoms with E-state index < -0.39 is 11.7 Å². The number of ether oxygens (including phenoxy) is 2. The van der Waals surface area contributed by atoms with Gasteiger partial charge in [0.1, 0.15) is 11.6 Å². The van der Waals surface area contributed by atoms with Gasteiger partial charge in [0.25, 0.3) is 11.8 Å². The highest BCUT2D eigenvalue weighted by molar-refractivity contribution is 6.04. The summed E-state index contributed by atoms with van der Waals surface area (Å²) in [6.45, 7) is 6.66. The fraction of sp³-hybridized carbons (Fsp3) is 0.375. The van der Waals surface area contributed by atoms with E-state index >= 15 is 4.39 Å². The van der Waals surface area contributed by atoms with Gasteiger partial charge in [0.05, 0.1) is 31.7 Å². The lowest BCUT2D eigenvalue weighted by Crippen LogP contribution is -2.50. The molecule has 43 heavy (non-hydrogen) atoms. The van der Waals surface area contributed by atoms with Gasteiger partial charge < -0.3 is 19.7 Å². The molecular formula is C32H35FN6O4. The molecule has 0 aliphatic carbocycles. The number of amides is 2. The number of hydrogen-bond donors (Lipinski definition) is 1. The molecule has 0 saturated carbocycles. The first kappa shape index (κ1) is 28.8. The van der Waals surface area contributed by atoms with Crippen molar-refractivity contribution in [1.82, 2.24) is 24.4 Å². The number of hydrogen-bond acceptors (Lipinski definition) is 7. The van der Waals surface area contributed by atoms with Crippen molar-refractivity contribution in [2.24, 2.45) is 0 Å². The molecule has 4 aromatic rings. The van der Waals surface area contributed by atoms with E-state index in [9.17, 15) is 9.59 Å². The number of carbonyl (C=O) groups excluding carboxylic acids is 2. The second kappa shape index (κ2) is 12.5. The minimum atomic E-state index is -0.687. The standard InChI is InChI=1S/C32H35FN6O4/c1-3-21-4-5-22(19-29(21)42-2)28-8-11-34-30-20-27(36-39(28)30)31(40)35-26-7-6-23(18-25(26)33)32(41)38-12-9-24(10-13-38)37-14-16-43-17-15-37/h4-8,11,18-20,24H,3,9-10,12-17H2,1-2H3,(H,35,40). The molecule has 1 N–H and O–H groups in total. The lowest BCUT2D eigenvalue weighted by molar-refractivity contribution is 0.00158. The maximum absolute atomic E-state index is 15.1. The summed E-state index contributed by atoms with van der Waals surface area (Å²) in [4.78, 5) is 34.8. The van der Waals surface area contributed by atoms with Gasteiger partial charge in [-0.1, -0.05) is 19.1 Å². The van der Waals surface area contributed by atoms with E-state index in [4.69, 9.17) is 9.47 Å². The number of fused-ring (bicyclic) bond motifs is 1. The van der Waals surface area contributed by atoms with Gasteiger partial charge >= 0.3 is 0 Å². The minimum absolute atomic E-state index is 0.0299. The van der Waals surface area contributed by atoms with E-state index in [0.717, 1.165) is 68.1 Å². The Morgan fingerprint density at radius 2 is 1.84 bits per heavy atom. The SMILES string of the molecule is CCc1ccc(-c2ccnc3cc(C(=O)Nc4ccc(C(=O)N5CCC(N6CCOCC6)CC5)cc4F)nn23)cc1OC. The van der Waals surface area contributed by atoms with Crippen LogP contribution in [0.4, 0.5) is 10.1 Å². The Hall–Kier alpha value is -4.35. The van der Waals surface area contributed by atoms with E-state index in [0.29, 0.717) is 24.8 Å². The number of morpholine rings is 1. The first-order valence-corrected chi connectivity index (χ1v) is 14.7. The zero-order valence-corrected chi connectivity index (χ0v) is 24.4. The van der Waals surface area contributed by atoms with E-state index in [1.165, 1.54) is 12.1 Å². The first-order valence-electron chi connectivity index (χ1n) is 14.7. The van der Waals surface area contributed by atoms with Gasteiger partial charge in [0.2, 0.25) is 0 Å². The Kier molecular flexibility index (Phi) is 8.35.